The molecule has 0 amide bonds. The molecule has 6 heteroatoms. The van der Waals surface area contributed by atoms with Gasteiger partial charge in [0.25, 0.3) is 0 Å². The number of carboxylic acid groups (broad SMARTS) is 1. The Kier molecular flexibility index (Phi) is 5.81. The van der Waals surface area contributed by atoms with Crippen molar-refractivity contribution < 1.29 is 20.1 Å². The predicted octanol–water partition coefficient (Wildman–Crippen LogP) is 1.84. The van der Waals surface area contributed by atoms with Crippen molar-refractivity contribution in [3.63, 3.8) is 0 Å². The van der Waals surface area contributed by atoms with E-state index in [4.69, 9.17) is 10.8 Å². The van der Waals surface area contributed by atoms with Crippen molar-refractivity contribution in [2.45, 2.75) is 26.8 Å². The van der Waals surface area contributed by atoms with Crippen molar-refractivity contribution in [3.05, 3.63) is 28.8 Å². The molecule has 0 aliphatic carbocycles. The van der Waals surface area contributed by atoms with Crippen LogP contribution in [0, 0.1) is 12.3 Å². The minimum absolute atomic E-state index is 0. The fourth-order valence-electron chi connectivity index (χ4n) is 1.71. The third-order valence-corrected chi connectivity index (χ3v) is 3.21. The third-order valence-electron chi connectivity index (χ3n) is 3.21. The first-order chi connectivity index (χ1) is 8.22. The summed E-state index contributed by atoms with van der Waals surface area (Å²) in [4.78, 5) is 11.2. The van der Waals surface area contributed by atoms with E-state index in [-0.39, 0.29) is 35.9 Å². The zero-order valence-electron chi connectivity index (χ0n) is 11.2. The highest BCUT2D eigenvalue weighted by atomic mass is 35.5. The first kappa shape index (κ1) is 17.7. The normalized spacial score (nSPS) is 12.7. The molecule has 0 spiro atoms. The van der Waals surface area contributed by atoms with Crippen LogP contribution in [0.25, 0.3) is 0 Å². The number of aryl methyl sites for hydroxylation is 1. The lowest BCUT2D eigenvalue weighted by atomic mass is 9.79. The fourth-order valence-corrected chi connectivity index (χ4v) is 1.71. The van der Waals surface area contributed by atoms with E-state index in [0.29, 0.717) is 5.56 Å². The maximum Gasteiger partial charge on any atom is 0.336 e. The van der Waals surface area contributed by atoms with Gasteiger partial charge < -0.3 is 21.1 Å². The maximum atomic E-state index is 11.2. The van der Waals surface area contributed by atoms with Gasteiger partial charge in [-0.3, -0.25) is 0 Å². The second-order valence-corrected chi connectivity index (χ2v) is 5.12. The molecule has 5 N–H and O–H groups in total. The molecule has 0 saturated carbocycles. The number of hydrogen-bond donors (Lipinski definition) is 4. The van der Waals surface area contributed by atoms with Gasteiger partial charge in [0.15, 0.2) is 0 Å². The van der Waals surface area contributed by atoms with Crippen LogP contribution >= 0.6 is 12.4 Å². The Bertz CT molecular complexity index is 474. The van der Waals surface area contributed by atoms with Gasteiger partial charge in [-0.2, -0.15) is 0 Å². The molecule has 0 aromatic heterocycles. The Morgan fingerprint density at radius 3 is 2.37 bits per heavy atom. The van der Waals surface area contributed by atoms with E-state index in [1.165, 1.54) is 12.1 Å². The number of carbonyl (C=O) groups is 1. The summed E-state index contributed by atoms with van der Waals surface area (Å²) in [6, 6.07) is 2.18. The van der Waals surface area contributed by atoms with E-state index >= 15 is 0 Å². The highest BCUT2D eigenvalue weighted by Gasteiger charge is 2.32. The molecule has 0 fully saturated rings. The van der Waals surface area contributed by atoms with Gasteiger partial charge in [0.05, 0.1) is 5.56 Å². The molecule has 0 bridgehead atoms. The minimum Gasteiger partial charge on any atom is -0.507 e. The van der Waals surface area contributed by atoms with Gasteiger partial charge in [0.1, 0.15) is 5.75 Å². The number of rotatable bonds is 4. The van der Waals surface area contributed by atoms with Gasteiger partial charge >= 0.3 is 5.97 Å². The van der Waals surface area contributed by atoms with Gasteiger partial charge in [-0.15, -0.1) is 12.4 Å². The summed E-state index contributed by atoms with van der Waals surface area (Å²) < 4.78 is 0. The summed E-state index contributed by atoms with van der Waals surface area (Å²) >= 11 is 0. The predicted molar refractivity (Wildman–Crippen MR) is 74.8 cm³/mol. The van der Waals surface area contributed by atoms with Crippen molar-refractivity contribution >= 4 is 18.4 Å². The first-order valence-corrected chi connectivity index (χ1v) is 5.64. The number of hydrogen-bond acceptors (Lipinski definition) is 4. The summed E-state index contributed by atoms with van der Waals surface area (Å²) in [5.74, 6) is -1.27. The van der Waals surface area contributed by atoms with Crippen LogP contribution in [0.4, 0.5) is 0 Å². The first-order valence-electron chi connectivity index (χ1n) is 5.64. The molecular weight excluding hydrogens is 270 g/mol. The highest BCUT2D eigenvalue weighted by molar-refractivity contribution is 5.90. The van der Waals surface area contributed by atoms with E-state index in [1.807, 2.05) is 0 Å². The van der Waals surface area contributed by atoms with Crippen LogP contribution in [-0.4, -0.2) is 27.9 Å². The van der Waals surface area contributed by atoms with Gasteiger partial charge in [0, 0.05) is 23.6 Å². The van der Waals surface area contributed by atoms with Gasteiger partial charge in [-0.05, 0) is 18.6 Å². The number of nitrogens with two attached hydrogens (primary N) is 1. The molecule has 0 heterocycles. The van der Waals surface area contributed by atoms with Crippen molar-refractivity contribution in [1.82, 2.24) is 0 Å². The zero-order valence-corrected chi connectivity index (χ0v) is 12.0. The van der Waals surface area contributed by atoms with Crippen molar-refractivity contribution in [2.75, 3.05) is 6.61 Å². The number of aromatic hydroxyl groups is 1. The van der Waals surface area contributed by atoms with E-state index in [9.17, 15) is 15.0 Å². The zero-order chi connectivity index (χ0) is 14.1. The Morgan fingerprint density at radius 2 is 1.95 bits per heavy atom. The monoisotopic (exact) mass is 289 g/mol. The van der Waals surface area contributed by atoms with Crippen molar-refractivity contribution in [2.24, 2.45) is 11.1 Å². The molecule has 0 aliphatic heterocycles. The summed E-state index contributed by atoms with van der Waals surface area (Å²) in [5, 5.41) is 28.5. The average molecular weight is 290 g/mol. The molecule has 0 saturated heterocycles. The molecule has 0 aliphatic rings. The number of aromatic carboxylic acids is 1. The van der Waals surface area contributed by atoms with Crippen LogP contribution in [-0.2, 0) is 0 Å². The maximum absolute atomic E-state index is 11.2. The number of phenolic OH excluding ortho intramolecular Hbond substituents is 1. The summed E-state index contributed by atoms with van der Waals surface area (Å²) in [7, 11) is 0. The van der Waals surface area contributed by atoms with Gasteiger partial charge in [0.2, 0.25) is 0 Å². The Hall–Kier alpha value is -1.30. The van der Waals surface area contributed by atoms with Crippen molar-refractivity contribution in [1.29, 1.82) is 0 Å². The third kappa shape index (κ3) is 3.37. The Morgan fingerprint density at radius 1 is 1.42 bits per heavy atom. The van der Waals surface area contributed by atoms with Crippen LogP contribution in [0.1, 0.15) is 41.4 Å². The highest BCUT2D eigenvalue weighted by Crippen LogP contribution is 2.38. The Labute approximate surface area is 118 Å². The quantitative estimate of drug-likeness (QED) is 0.677. The van der Waals surface area contributed by atoms with Gasteiger partial charge in [-0.25, -0.2) is 4.79 Å². The van der Waals surface area contributed by atoms with Gasteiger partial charge in [-0.1, -0.05) is 19.9 Å². The molecule has 108 valence electrons. The van der Waals surface area contributed by atoms with E-state index in [1.54, 1.807) is 20.8 Å². The molecule has 1 rings (SSSR count). The Balaban J connectivity index is 0.00000324. The summed E-state index contributed by atoms with van der Waals surface area (Å²) in [6.07, 6.45) is 0. The molecule has 0 radical (unpaired) electrons. The lowest BCUT2D eigenvalue weighted by Crippen LogP contribution is -2.33. The molecule has 19 heavy (non-hydrogen) atoms. The van der Waals surface area contributed by atoms with E-state index in [2.05, 4.69) is 0 Å². The second-order valence-electron chi connectivity index (χ2n) is 5.12. The SMILES string of the molecule is Cc1ccc(C(=O)O)c([C@H](N)C(C)(C)CO)c1O.Cl. The molecule has 1 aromatic carbocycles. The number of aliphatic hydroxyl groups excluding tert-OH is 1. The lowest BCUT2D eigenvalue weighted by molar-refractivity contribution is 0.0690. The van der Waals surface area contributed by atoms with Crippen LogP contribution in [0.2, 0.25) is 0 Å². The van der Waals surface area contributed by atoms with E-state index in [0.717, 1.165) is 0 Å². The lowest BCUT2D eigenvalue weighted by Gasteiger charge is -2.31. The second kappa shape index (κ2) is 6.23. The number of phenols is 1. The van der Waals surface area contributed by atoms with E-state index < -0.39 is 17.4 Å². The van der Waals surface area contributed by atoms with Crippen LogP contribution < -0.4 is 5.73 Å². The number of benzene rings is 1. The topological polar surface area (TPSA) is 104 Å². The van der Waals surface area contributed by atoms with Crippen LogP contribution in [0.15, 0.2) is 12.1 Å². The fraction of sp³-hybridized carbons (Fsp3) is 0.462. The number of aliphatic hydroxyl groups is 1. The minimum atomic E-state index is -1.15. The molecule has 1 aromatic rings. The summed E-state index contributed by atoms with van der Waals surface area (Å²) in [5.41, 5.74) is 5.97. The largest absolute Gasteiger partial charge is 0.507 e. The van der Waals surface area contributed by atoms with Crippen molar-refractivity contribution in [3.8, 4) is 5.75 Å². The standard InChI is InChI=1S/C13H19NO4.ClH/c1-7-4-5-8(12(17)18)9(10(7)16)11(14)13(2,3)6-15;/h4-5,11,15-16H,6,14H2,1-3H3,(H,17,18);1H/t11-;/m0./s1. The molecular formula is C13H20ClNO4. The molecule has 5 nitrogen and oxygen atoms in total. The number of carboxylic acids is 1. The molecule has 0 unspecified atom stereocenters. The summed E-state index contributed by atoms with van der Waals surface area (Å²) in [6.45, 7) is 4.89. The number of halogens is 1. The van der Waals surface area contributed by atoms with Crippen LogP contribution in [0.3, 0.4) is 0 Å². The average Bonchev–Trinajstić information content (AvgIpc) is 2.31. The smallest absolute Gasteiger partial charge is 0.336 e. The molecule has 1 atom stereocenters. The van der Waals surface area contributed by atoms with Crippen LogP contribution in [0.5, 0.6) is 5.75 Å².